The lowest BCUT2D eigenvalue weighted by atomic mass is 10.3. The molecule has 10 heteroatoms. The molecular weight excluding hydrogens is 328 g/mol. The van der Waals surface area contributed by atoms with Crippen molar-refractivity contribution in [3.05, 3.63) is 42.2 Å². The molecule has 0 bridgehead atoms. The van der Waals surface area contributed by atoms with Crippen LogP contribution in [0.1, 0.15) is 5.56 Å². The Morgan fingerprint density at radius 2 is 1.91 bits per heavy atom. The SMILES string of the molecule is Cn1cc(CCNS(=O)(=O)c2cccc(S(N)(=O)=O)c2)cn1. The van der Waals surface area contributed by atoms with Gasteiger partial charge in [-0.1, -0.05) is 6.07 Å². The summed E-state index contributed by atoms with van der Waals surface area (Å²) in [5.41, 5.74) is 0.892. The molecule has 1 heterocycles. The topological polar surface area (TPSA) is 124 Å². The van der Waals surface area contributed by atoms with Crippen LogP contribution in [0.3, 0.4) is 0 Å². The van der Waals surface area contributed by atoms with E-state index in [0.29, 0.717) is 6.42 Å². The third-order valence-corrected chi connectivity index (χ3v) is 5.28. The summed E-state index contributed by atoms with van der Waals surface area (Å²) in [4.78, 5) is -0.396. The number of aromatic nitrogens is 2. The smallest absolute Gasteiger partial charge is 0.240 e. The van der Waals surface area contributed by atoms with E-state index in [1.807, 2.05) is 0 Å². The summed E-state index contributed by atoms with van der Waals surface area (Å²) < 4.78 is 50.8. The Balaban J connectivity index is 2.10. The van der Waals surface area contributed by atoms with E-state index in [4.69, 9.17) is 5.14 Å². The molecule has 120 valence electrons. The zero-order chi connectivity index (χ0) is 16.4. The number of primary sulfonamides is 1. The van der Waals surface area contributed by atoms with Gasteiger partial charge >= 0.3 is 0 Å². The summed E-state index contributed by atoms with van der Waals surface area (Å²) in [6.07, 6.45) is 3.91. The van der Waals surface area contributed by atoms with E-state index in [0.717, 1.165) is 11.6 Å². The van der Waals surface area contributed by atoms with Gasteiger partial charge < -0.3 is 0 Å². The van der Waals surface area contributed by atoms with Crippen molar-refractivity contribution in [2.45, 2.75) is 16.2 Å². The zero-order valence-corrected chi connectivity index (χ0v) is 13.4. The van der Waals surface area contributed by atoms with Gasteiger partial charge in [-0.05, 0) is 30.2 Å². The Kier molecular flexibility index (Phi) is 4.66. The highest BCUT2D eigenvalue weighted by molar-refractivity contribution is 7.90. The summed E-state index contributed by atoms with van der Waals surface area (Å²) in [6.45, 7) is 0.174. The average Bonchev–Trinajstić information content (AvgIpc) is 2.83. The van der Waals surface area contributed by atoms with Crippen molar-refractivity contribution in [3.63, 3.8) is 0 Å². The van der Waals surface area contributed by atoms with Crippen LogP contribution in [0.2, 0.25) is 0 Å². The van der Waals surface area contributed by atoms with Crippen molar-refractivity contribution in [1.29, 1.82) is 0 Å². The lowest BCUT2D eigenvalue weighted by Crippen LogP contribution is -2.26. The van der Waals surface area contributed by atoms with Crippen LogP contribution in [-0.2, 0) is 33.5 Å². The summed E-state index contributed by atoms with van der Waals surface area (Å²) >= 11 is 0. The molecule has 0 spiro atoms. The van der Waals surface area contributed by atoms with Crippen LogP contribution in [0.5, 0.6) is 0 Å². The number of nitrogens with one attached hydrogen (secondary N) is 1. The summed E-state index contributed by atoms with van der Waals surface area (Å²) in [5.74, 6) is 0. The van der Waals surface area contributed by atoms with E-state index < -0.39 is 20.0 Å². The van der Waals surface area contributed by atoms with E-state index in [1.165, 1.54) is 18.2 Å². The number of rotatable bonds is 6. The summed E-state index contributed by atoms with van der Waals surface area (Å²) in [5, 5.41) is 8.98. The van der Waals surface area contributed by atoms with Crippen molar-refractivity contribution < 1.29 is 16.8 Å². The molecule has 0 aliphatic heterocycles. The third kappa shape index (κ3) is 4.13. The maximum Gasteiger partial charge on any atom is 0.240 e. The van der Waals surface area contributed by atoms with E-state index in [1.54, 1.807) is 24.1 Å². The van der Waals surface area contributed by atoms with Crippen LogP contribution in [-0.4, -0.2) is 33.2 Å². The molecule has 2 rings (SSSR count). The van der Waals surface area contributed by atoms with Crippen LogP contribution in [0, 0.1) is 0 Å². The molecule has 0 saturated carbocycles. The highest BCUT2D eigenvalue weighted by Gasteiger charge is 2.17. The molecule has 0 atom stereocenters. The molecule has 1 aromatic carbocycles. The largest absolute Gasteiger partial charge is 0.276 e. The van der Waals surface area contributed by atoms with Crippen molar-refractivity contribution >= 4 is 20.0 Å². The molecular formula is C12H16N4O4S2. The van der Waals surface area contributed by atoms with E-state index in [9.17, 15) is 16.8 Å². The number of hydrogen-bond acceptors (Lipinski definition) is 5. The van der Waals surface area contributed by atoms with Gasteiger partial charge in [0.25, 0.3) is 0 Å². The van der Waals surface area contributed by atoms with Crippen molar-refractivity contribution in [2.24, 2.45) is 12.2 Å². The van der Waals surface area contributed by atoms with E-state index in [2.05, 4.69) is 9.82 Å². The minimum absolute atomic E-state index is 0.148. The lowest BCUT2D eigenvalue weighted by molar-refractivity contribution is 0.581. The van der Waals surface area contributed by atoms with Gasteiger partial charge in [0.2, 0.25) is 20.0 Å². The number of nitrogens with zero attached hydrogens (tertiary/aromatic N) is 2. The third-order valence-electron chi connectivity index (χ3n) is 2.91. The first-order valence-corrected chi connectivity index (χ1v) is 9.31. The number of aryl methyl sites for hydroxylation is 1. The van der Waals surface area contributed by atoms with Gasteiger partial charge in [0, 0.05) is 19.8 Å². The predicted octanol–water partition coefficient (Wildman–Crippen LogP) is -0.411. The normalized spacial score (nSPS) is 12.5. The molecule has 1 aromatic heterocycles. The molecule has 0 unspecified atom stereocenters. The van der Waals surface area contributed by atoms with Crippen molar-refractivity contribution in [3.8, 4) is 0 Å². The maximum absolute atomic E-state index is 12.1. The molecule has 0 radical (unpaired) electrons. The van der Waals surface area contributed by atoms with Gasteiger partial charge in [-0.25, -0.2) is 26.7 Å². The number of hydrogen-bond donors (Lipinski definition) is 2. The molecule has 0 amide bonds. The van der Waals surface area contributed by atoms with Crippen LogP contribution >= 0.6 is 0 Å². The fraction of sp³-hybridized carbons (Fsp3) is 0.250. The van der Waals surface area contributed by atoms with Crippen molar-refractivity contribution in [2.75, 3.05) is 6.54 Å². The van der Waals surface area contributed by atoms with Crippen LogP contribution in [0.4, 0.5) is 0 Å². The second kappa shape index (κ2) is 6.16. The highest BCUT2D eigenvalue weighted by atomic mass is 32.2. The average molecular weight is 344 g/mol. The van der Waals surface area contributed by atoms with Crippen LogP contribution in [0.15, 0.2) is 46.5 Å². The first-order valence-electron chi connectivity index (χ1n) is 6.28. The van der Waals surface area contributed by atoms with Gasteiger partial charge in [0.1, 0.15) is 0 Å². The van der Waals surface area contributed by atoms with E-state index in [-0.39, 0.29) is 16.3 Å². The molecule has 0 aliphatic rings. The zero-order valence-electron chi connectivity index (χ0n) is 11.8. The monoisotopic (exact) mass is 344 g/mol. The Bertz CT molecular complexity index is 872. The van der Waals surface area contributed by atoms with Gasteiger partial charge in [-0.3, -0.25) is 4.68 Å². The molecule has 3 N–H and O–H groups in total. The first kappa shape index (κ1) is 16.6. The van der Waals surface area contributed by atoms with E-state index >= 15 is 0 Å². The Hall–Kier alpha value is -1.75. The molecule has 0 aliphatic carbocycles. The van der Waals surface area contributed by atoms with Crippen molar-refractivity contribution in [1.82, 2.24) is 14.5 Å². The van der Waals surface area contributed by atoms with Gasteiger partial charge in [0.15, 0.2) is 0 Å². The minimum Gasteiger partial charge on any atom is -0.276 e. The second-order valence-electron chi connectivity index (χ2n) is 4.69. The van der Waals surface area contributed by atoms with Crippen LogP contribution < -0.4 is 9.86 Å². The quantitative estimate of drug-likeness (QED) is 0.737. The minimum atomic E-state index is -3.95. The first-order chi connectivity index (χ1) is 10.2. The second-order valence-corrected chi connectivity index (χ2v) is 8.02. The van der Waals surface area contributed by atoms with Gasteiger partial charge in [-0.2, -0.15) is 5.10 Å². The predicted molar refractivity (Wildman–Crippen MR) is 79.9 cm³/mol. The molecule has 8 nitrogen and oxygen atoms in total. The highest BCUT2D eigenvalue weighted by Crippen LogP contribution is 2.14. The molecule has 22 heavy (non-hydrogen) atoms. The Morgan fingerprint density at radius 3 is 2.50 bits per heavy atom. The van der Waals surface area contributed by atoms with Gasteiger partial charge in [0.05, 0.1) is 16.0 Å². The fourth-order valence-electron chi connectivity index (χ4n) is 1.83. The Labute approximate surface area is 129 Å². The lowest BCUT2D eigenvalue weighted by Gasteiger charge is -2.07. The fourth-order valence-corrected chi connectivity index (χ4v) is 3.54. The van der Waals surface area contributed by atoms with Gasteiger partial charge in [-0.15, -0.1) is 0 Å². The summed E-state index contributed by atoms with van der Waals surface area (Å²) in [6, 6.07) is 4.90. The number of benzene rings is 1. The van der Waals surface area contributed by atoms with Crippen LogP contribution in [0.25, 0.3) is 0 Å². The summed E-state index contributed by atoms with van der Waals surface area (Å²) in [7, 11) is -5.98. The number of nitrogens with two attached hydrogens (primary N) is 1. The maximum atomic E-state index is 12.1. The molecule has 2 aromatic rings. The Morgan fingerprint density at radius 1 is 1.23 bits per heavy atom. The number of sulfonamides is 2. The standard InChI is InChI=1S/C12H16N4O4S2/c1-16-9-10(8-14-16)5-6-15-22(19,20)12-4-2-3-11(7-12)21(13,17)18/h2-4,7-9,15H,5-6H2,1H3,(H2,13,17,18). The molecule has 0 saturated heterocycles. The molecule has 0 fully saturated rings.